The van der Waals surface area contributed by atoms with Crippen molar-refractivity contribution in [3.05, 3.63) is 48.0 Å². The number of anilines is 5. The molecule has 0 atom stereocenters. The van der Waals surface area contributed by atoms with E-state index in [1.54, 1.807) is 0 Å². The average molecular weight is 604 g/mol. The van der Waals surface area contributed by atoms with Gasteiger partial charge in [0.05, 0.1) is 34.4 Å². The standard InChI is InChI=1S/C19H21N7O10S3/c1-38(30,31)21-8-7-20-17-24-18(22-11-3-2-4-13(9-11)39(32,33)34)26-19(25-17)23-15-6-5-12(37-36-35-29)10-14(15)16(27)28/h2-6,9-10,21,29H,7-8H2,1H3,(H,27,28)(H,32,33,34)(H3,20,22,23,24,25,26). The molecule has 0 aliphatic rings. The first-order valence-corrected chi connectivity index (χ1v) is 14.5. The predicted octanol–water partition coefficient (Wildman–Crippen LogP) is 1.69. The highest BCUT2D eigenvalue weighted by Gasteiger charge is 2.16. The van der Waals surface area contributed by atoms with Crippen molar-refractivity contribution in [2.75, 3.05) is 35.3 Å². The molecule has 17 nitrogen and oxygen atoms in total. The summed E-state index contributed by atoms with van der Waals surface area (Å²) in [6.07, 6.45) is 0.994. The molecule has 0 saturated carbocycles. The number of aromatic nitrogens is 3. The zero-order valence-electron chi connectivity index (χ0n) is 19.7. The van der Waals surface area contributed by atoms with Gasteiger partial charge in [0.1, 0.15) is 0 Å². The molecule has 0 amide bonds. The Bertz CT molecular complexity index is 1560. The van der Waals surface area contributed by atoms with Gasteiger partial charge in [-0.1, -0.05) is 11.1 Å². The Morgan fingerprint density at radius 1 is 0.974 bits per heavy atom. The number of carbonyl (C=O) groups is 1. The summed E-state index contributed by atoms with van der Waals surface area (Å²) < 4.78 is 61.4. The molecule has 39 heavy (non-hydrogen) atoms. The second-order valence-electron chi connectivity index (χ2n) is 7.39. The second kappa shape index (κ2) is 12.9. The number of sulfonamides is 1. The predicted molar refractivity (Wildman–Crippen MR) is 138 cm³/mol. The summed E-state index contributed by atoms with van der Waals surface area (Å²) >= 11 is 0.555. The van der Waals surface area contributed by atoms with Crippen LogP contribution in [0.4, 0.5) is 29.2 Å². The van der Waals surface area contributed by atoms with Crippen LogP contribution in [0.2, 0.25) is 0 Å². The third-order valence-electron chi connectivity index (χ3n) is 4.42. The Morgan fingerprint density at radius 3 is 2.31 bits per heavy atom. The van der Waals surface area contributed by atoms with Crippen LogP contribution in [0.25, 0.3) is 0 Å². The van der Waals surface area contributed by atoms with Gasteiger partial charge in [-0.2, -0.15) is 23.4 Å². The maximum atomic E-state index is 11.8. The normalized spacial score (nSPS) is 11.7. The van der Waals surface area contributed by atoms with Gasteiger partial charge in [-0.15, -0.1) is 4.33 Å². The zero-order valence-corrected chi connectivity index (χ0v) is 22.2. The molecule has 0 radical (unpaired) electrons. The van der Waals surface area contributed by atoms with Crippen molar-refractivity contribution in [3.8, 4) is 0 Å². The van der Waals surface area contributed by atoms with Gasteiger partial charge in [0, 0.05) is 23.7 Å². The van der Waals surface area contributed by atoms with E-state index in [9.17, 15) is 31.3 Å². The summed E-state index contributed by atoms with van der Waals surface area (Å²) in [4.78, 5) is 24.2. The Labute approximate surface area is 225 Å². The van der Waals surface area contributed by atoms with E-state index < -0.39 is 26.1 Å². The third kappa shape index (κ3) is 9.56. The van der Waals surface area contributed by atoms with Crippen LogP contribution in [0.15, 0.2) is 52.3 Å². The lowest BCUT2D eigenvalue weighted by molar-refractivity contribution is -0.432. The fraction of sp³-hybridized carbons (Fsp3) is 0.158. The number of rotatable bonds is 14. The van der Waals surface area contributed by atoms with Crippen molar-refractivity contribution < 1.29 is 45.9 Å². The monoisotopic (exact) mass is 603 g/mol. The third-order valence-corrected chi connectivity index (χ3v) is 6.58. The minimum Gasteiger partial charge on any atom is -0.478 e. The van der Waals surface area contributed by atoms with Crippen LogP contribution >= 0.6 is 12.0 Å². The van der Waals surface area contributed by atoms with E-state index in [-0.39, 0.29) is 57.7 Å². The van der Waals surface area contributed by atoms with Crippen LogP contribution < -0.4 is 20.7 Å². The van der Waals surface area contributed by atoms with Gasteiger partial charge < -0.3 is 21.1 Å². The highest BCUT2D eigenvalue weighted by atomic mass is 32.2. The first kappa shape index (κ1) is 29.9. The van der Waals surface area contributed by atoms with Crippen molar-refractivity contribution in [2.45, 2.75) is 9.79 Å². The van der Waals surface area contributed by atoms with Crippen LogP contribution in [0.5, 0.6) is 0 Å². The Balaban J connectivity index is 1.93. The molecule has 20 heteroatoms. The molecule has 0 unspecified atom stereocenters. The molecular weight excluding hydrogens is 582 g/mol. The molecule has 3 aromatic rings. The lowest BCUT2D eigenvalue weighted by Crippen LogP contribution is -2.28. The highest BCUT2D eigenvalue weighted by molar-refractivity contribution is 7.94. The van der Waals surface area contributed by atoms with E-state index in [2.05, 4.69) is 45.0 Å². The Hall–Kier alpha value is -3.63. The summed E-state index contributed by atoms with van der Waals surface area (Å²) in [5.41, 5.74) is 0.0295. The Morgan fingerprint density at radius 2 is 1.67 bits per heavy atom. The van der Waals surface area contributed by atoms with Crippen molar-refractivity contribution in [2.24, 2.45) is 0 Å². The van der Waals surface area contributed by atoms with Gasteiger partial charge in [-0.3, -0.25) is 4.55 Å². The van der Waals surface area contributed by atoms with Crippen LogP contribution in [-0.2, 0) is 29.5 Å². The molecule has 210 valence electrons. The molecule has 1 heterocycles. The first-order valence-electron chi connectivity index (χ1n) is 10.4. The maximum absolute atomic E-state index is 11.8. The lowest BCUT2D eigenvalue weighted by Gasteiger charge is -2.13. The van der Waals surface area contributed by atoms with Crippen molar-refractivity contribution in [1.29, 1.82) is 0 Å². The SMILES string of the molecule is CS(=O)(=O)NCCNc1nc(Nc2cccc(S(=O)(=O)O)c2)nc(Nc2ccc(SOOO)cc2C(=O)O)n1. The number of benzene rings is 2. The van der Waals surface area contributed by atoms with Crippen molar-refractivity contribution >= 4 is 67.4 Å². The molecular formula is C19H21N7O10S3. The number of hydrogen-bond donors (Lipinski definition) is 7. The van der Waals surface area contributed by atoms with E-state index in [0.29, 0.717) is 12.0 Å². The molecule has 0 fully saturated rings. The molecule has 1 aromatic heterocycles. The zero-order chi connectivity index (χ0) is 28.6. The summed E-state index contributed by atoms with van der Waals surface area (Å²) in [5, 5.41) is 29.7. The van der Waals surface area contributed by atoms with Gasteiger partial charge in [0.15, 0.2) is 0 Å². The number of aromatic carboxylic acids is 1. The summed E-state index contributed by atoms with van der Waals surface area (Å²) in [5.74, 6) is -1.62. The molecule has 0 bridgehead atoms. The number of carboxylic acids is 1. The second-order valence-corrected chi connectivity index (χ2v) is 11.4. The Kier molecular flexibility index (Phi) is 9.93. The number of hydrogen-bond acceptors (Lipinski definition) is 15. The van der Waals surface area contributed by atoms with Gasteiger partial charge in [-0.05, 0) is 36.4 Å². The van der Waals surface area contributed by atoms with Crippen molar-refractivity contribution in [3.63, 3.8) is 0 Å². The molecule has 0 aliphatic heterocycles. The molecule has 0 saturated heterocycles. The highest BCUT2D eigenvalue weighted by Crippen LogP contribution is 2.28. The number of carboxylic acid groups (broad SMARTS) is 1. The molecule has 0 spiro atoms. The largest absolute Gasteiger partial charge is 0.478 e. The van der Waals surface area contributed by atoms with Crippen LogP contribution in [0.1, 0.15) is 10.4 Å². The van der Waals surface area contributed by atoms with Crippen molar-refractivity contribution in [1.82, 2.24) is 19.7 Å². The summed E-state index contributed by atoms with van der Waals surface area (Å²) in [7, 11) is -7.93. The molecule has 3 rings (SSSR count). The minimum atomic E-state index is -4.49. The van der Waals surface area contributed by atoms with Gasteiger partial charge in [-0.25, -0.2) is 23.2 Å². The van der Waals surface area contributed by atoms with Gasteiger partial charge in [0.2, 0.25) is 27.9 Å². The van der Waals surface area contributed by atoms with Crippen LogP contribution in [0, 0.1) is 0 Å². The summed E-state index contributed by atoms with van der Waals surface area (Å²) in [6, 6.07) is 9.21. The number of nitrogens with zero attached hydrogens (tertiary/aromatic N) is 3. The van der Waals surface area contributed by atoms with E-state index in [1.165, 1.54) is 36.4 Å². The topological polar surface area (TPSA) is 251 Å². The molecule has 0 aliphatic carbocycles. The minimum absolute atomic E-state index is 0.00559. The lowest BCUT2D eigenvalue weighted by atomic mass is 10.2. The van der Waals surface area contributed by atoms with E-state index in [4.69, 9.17) is 5.26 Å². The van der Waals surface area contributed by atoms with Crippen LogP contribution in [0.3, 0.4) is 0 Å². The molecule has 2 aromatic carbocycles. The number of nitrogens with one attached hydrogen (secondary N) is 4. The van der Waals surface area contributed by atoms with Crippen LogP contribution in [-0.4, -0.2) is 72.0 Å². The van der Waals surface area contributed by atoms with E-state index in [0.717, 1.165) is 12.3 Å². The average Bonchev–Trinajstić information content (AvgIpc) is 2.85. The smallest absolute Gasteiger partial charge is 0.337 e. The fourth-order valence-electron chi connectivity index (χ4n) is 2.88. The van der Waals surface area contributed by atoms with E-state index >= 15 is 0 Å². The van der Waals surface area contributed by atoms with E-state index in [1.807, 2.05) is 0 Å². The fourth-order valence-corrected chi connectivity index (χ4v) is 4.27. The van der Waals surface area contributed by atoms with Gasteiger partial charge in [0.25, 0.3) is 10.1 Å². The quantitative estimate of drug-likeness (QED) is 0.0455. The molecule has 7 N–H and O–H groups in total. The first-order chi connectivity index (χ1) is 18.3. The summed E-state index contributed by atoms with van der Waals surface area (Å²) in [6.45, 7) is 0.0573. The van der Waals surface area contributed by atoms with Gasteiger partial charge >= 0.3 is 5.97 Å². The maximum Gasteiger partial charge on any atom is 0.337 e.